The number of aromatic nitrogens is 1. The molecule has 176 valence electrons. The fraction of sp³-hybridized carbons (Fsp3) is 0.0294. The van der Waals surface area contributed by atoms with E-state index in [1.807, 2.05) is 97.9 Å². The van der Waals surface area contributed by atoms with Crippen molar-refractivity contribution < 1.29 is 0 Å². The lowest BCUT2D eigenvalue weighted by molar-refractivity contribution is 1.19. The van der Waals surface area contributed by atoms with Crippen LogP contribution in [0.25, 0.3) is 59.4 Å². The first-order chi connectivity index (χ1) is 18.6. The maximum atomic E-state index is 9.78. The van der Waals surface area contributed by atoms with Crippen LogP contribution in [0, 0.1) is 31.4 Å². The predicted octanol–water partition coefficient (Wildman–Crippen LogP) is 9.40. The normalized spacial score (nSPS) is 10.7. The summed E-state index contributed by atoms with van der Waals surface area (Å²) in [5.74, 6) is 0. The highest BCUT2D eigenvalue weighted by molar-refractivity contribution is 6.11. The maximum Gasteiger partial charge on any atom is 0.211 e. The van der Waals surface area contributed by atoms with Crippen molar-refractivity contribution in [3.05, 3.63) is 137 Å². The zero-order valence-corrected chi connectivity index (χ0v) is 20.6. The van der Waals surface area contributed by atoms with Crippen molar-refractivity contribution in [3.63, 3.8) is 0 Å². The Bertz CT molecular complexity index is 2010. The van der Waals surface area contributed by atoms with Gasteiger partial charge in [0.05, 0.1) is 41.5 Å². The molecule has 5 aromatic carbocycles. The van der Waals surface area contributed by atoms with Crippen molar-refractivity contribution in [2.24, 2.45) is 0 Å². The van der Waals surface area contributed by atoms with Crippen LogP contribution < -0.4 is 0 Å². The van der Waals surface area contributed by atoms with E-state index in [1.54, 1.807) is 0 Å². The fourth-order valence-electron chi connectivity index (χ4n) is 5.14. The van der Waals surface area contributed by atoms with Crippen molar-refractivity contribution in [1.82, 2.24) is 4.57 Å². The topological polar surface area (TPSA) is 37.4 Å². The lowest BCUT2D eigenvalue weighted by Gasteiger charge is -2.19. The van der Waals surface area contributed by atoms with Gasteiger partial charge >= 0.3 is 0 Å². The summed E-state index contributed by atoms with van der Waals surface area (Å²) >= 11 is 0. The number of fused-ring (bicyclic) bond motifs is 3. The SMILES string of the molecule is [C-]#[N+]c1ccc2c(c1)c1ccccc1n2-c1c([N+]#[C-])cc(-c2ccccc2)cc1-c1ccc(C)c(C#N)c1. The molecular formula is C34H20N4. The van der Waals surface area contributed by atoms with Crippen LogP contribution in [0.4, 0.5) is 11.4 Å². The van der Waals surface area contributed by atoms with E-state index in [4.69, 9.17) is 13.1 Å². The summed E-state index contributed by atoms with van der Waals surface area (Å²) in [6.45, 7) is 17.7. The summed E-state index contributed by atoms with van der Waals surface area (Å²) in [6, 6.07) is 36.0. The second kappa shape index (κ2) is 9.11. The van der Waals surface area contributed by atoms with E-state index in [0.29, 0.717) is 16.9 Å². The van der Waals surface area contributed by atoms with Gasteiger partial charge in [-0.05, 0) is 76.5 Å². The molecule has 0 fully saturated rings. The number of hydrogen-bond acceptors (Lipinski definition) is 1. The molecule has 0 radical (unpaired) electrons. The lowest BCUT2D eigenvalue weighted by Crippen LogP contribution is -1.99. The molecule has 0 spiro atoms. The fourth-order valence-corrected chi connectivity index (χ4v) is 5.14. The average molecular weight is 485 g/mol. The Labute approximate surface area is 220 Å². The van der Waals surface area contributed by atoms with Gasteiger partial charge in [0.2, 0.25) is 5.69 Å². The number of benzene rings is 5. The predicted molar refractivity (Wildman–Crippen MR) is 154 cm³/mol. The van der Waals surface area contributed by atoms with E-state index in [2.05, 4.69) is 32.5 Å². The van der Waals surface area contributed by atoms with Gasteiger partial charge in [-0.25, -0.2) is 9.69 Å². The molecular weight excluding hydrogens is 464 g/mol. The van der Waals surface area contributed by atoms with Crippen LogP contribution in [0.1, 0.15) is 11.1 Å². The molecule has 0 bridgehead atoms. The number of aryl methyl sites for hydroxylation is 1. The first-order valence-electron chi connectivity index (χ1n) is 12.2. The van der Waals surface area contributed by atoms with Crippen molar-refractivity contribution in [1.29, 1.82) is 5.26 Å². The summed E-state index contributed by atoms with van der Waals surface area (Å²) in [7, 11) is 0. The van der Waals surface area contributed by atoms with Crippen molar-refractivity contribution in [2.45, 2.75) is 6.92 Å². The summed E-state index contributed by atoms with van der Waals surface area (Å²) in [4.78, 5) is 7.66. The Kier molecular flexibility index (Phi) is 5.47. The Balaban J connectivity index is 1.78. The van der Waals surface area contributed by atoms with Crippen LogP contribution in [0.2, 0.25) is 0 Å². The van der Waals surface area contributed by atoms with E-state index in [1.165, 1.54) is 0 Å². The first kappa shape index (κ1) is 22.8. The molecule has 0 aliphatic heterocycles. The van der Waals surface area contributed by atoms with Crippen molar-refractivity contribution >= 4 is 33.2 Å². The second-order valence-electron chi connectivity index (χ2n) is 9.18. The van der Waals surface area contributed by atoms with Crippen molar-refractivity contribution in [3.8, 4) is 34.0 Å². The molecule has 1 heterocycles. The van der Waals surface area contributed by atoms with Crippen LogP contribution in [0.3, 0.4) is 0 Å². The van der Waals surface area contributed by atoms with Gasteiger partial charge in [-0.2, -0.15) is 5.26 Å². The Morgan fingerprint density at radius 3 is 2.21 bits per heavy atom. The van der Waals surface area contributed by atoms with Crippen LogP contribution in [0.5, 0.6) is 0 Å². The molecule has 0 saturated carbocycles. The van der Waals surface area contributed by atoms with E-state index in [-0.39, 0.29) is 0 Å². The highest BCUT2D eigenvalue weighted by Crippen LogP contribution is 2.44. The maximum absolute atomic E-state index is 9.78. The quantitative estimate of drug-likeness (QED) is 0.231. The molecule has 6 rings (SSSR count). The molecule has 4 heteroatoms. The molecule has 0 saturated heterocycles. The summed E-state index contributed by atoms with van der Waals surface area (Å²) in [6.07, 6.45) is 0. The van der Waals surface area contributed by atoms with Gasteiger partial charge in [0.1, 0.15) is 0 Å². The molecule has 38 heavy (non-hydrogen) atoms. The molecule has 6 aromatic rings. The van der Waals surface area contributed by atoms with E-state index >= 15 is 0 Å². The second-order valence-corrected chi connectivity index (χ2v) is 9.18. The molecule has 0 aliphatic carbocycles. The molecule has 0 amide bonds. The Morgan fingerprint density at radius 2 is 1.45 bits per heavy atom. The molecule has 1 aromatic heterocycles. The van der Waals surface area contributed by atoms with Gasteiger partial charge in [-0.3, -0.25) is 0 Å². The Morgan fingerprint density at radius 1 is 0.684 bits per heavy atom. The molecule has 0 unspecified atom stereocenters. The first-order valence-corrected chi connectivity index (χ1v) is 12.2. The largest absolute Gasteiger partial charge is 0.318 e. The van der Waals surface area contributed by atoms with Gasteiger partial charge in [-0.1, -0.05) is 66.7 Å². The van der Waals surface area contributed by atoms with E-state index in [0.717, 1.165) is 55.3 Å². The van der Waals surface area contributed by atoms with Crippen LogP contribution in [-0.4, -0.2) is 4.57 Å². The minimum absolute atomic E-state index is 0.511. The van der Waals surface area contributed by atoms with Gasteiger partial charge in [0.25, 0.3) is 0 Å². The van der Waals surface area contributed by atoms with Crippen LogP contribution in [0.15, 0.2) is 103 Å². The summed E-state index contributed by atoms with van der Waals surface area (Å²) < 4.78 is 2.13. The highest BCUT2D eigenvalue weighted by atomic mass is 15.0. The molecule has 4 nitrogen and oxygen atoms in total. The third-order valence-corrected chi connectivity index (χ3v) is 7.00. The van der Waals surface area contributed by atoms with Crippen molar-refractivity contribution in [2.75, 3.05) is 0 Å². The molecule has 0 N–H and O–H groups in total. The monoisotopic (exact) mass is 484 g/mol. The highest BCUT2D eigenvalue weighted by Gasteiger charge is 2.21. The smallest absolute Gasteiger partial charge is 0.211 e. The van der Waals surface area contributed by atoms with E-state index in [9.17, 15) is 5.26 Å². The Hall–Kier alpha value is -5.63. The minimum Gasteiger partial charge on any atom is -0.318 e. The average Bonchev–Trinajstić information content (AvgIpc) is 3.30. The number of rotatable bonds is 3. The van der Waals surface area contributed by atoms with Crippen LogP contribution in [-0.2, 0) is 0 Å². The van der Waals surface area contributed by atoms with Gasteiger partial charge < -0.3 is 4.57 Å². The zero-order valence-electron chi connectivity index (χ0n) is 20.6. The number of nitriles is 1. The number of nitrogens with zero attached hydrogens (tertiary/aromatic N) is 4. The minimum atomic E-state index is 0.511. The van der Waals surface area contributed by atoms with E-state index < -0.39 is 0 Å². The third-order valence-electron chi connectivity index (χ3n) is 7.00. The third kappa shape index (κ3) is 3.59. The van der Waals surface area contributed by atoms with Gasteiger partial charge in [0.15, 0.2) is 5.69 Å². The van der Waals surface area contributed by atoms with Gasteiger partial charge in [-0.15, -0.1) is 0 Å². The standard InChI is InChI=1S/C34H20N4/c1-22-13-14-24(17-26(22)21-35)29-18-25(23-9-5-4-6-10-23)19-31(37-3)34(29)38-32-12-8-7-11-28(32)30-20-27(36-2)15-16-33(30)38/h4-20H,1H3. The molecule has 0 aliphatic rings. The molecule has 0 atom stereocenters. The zero-order chi connectivity index (χ0) is 26.2. The lowest BCUT2D eigenvalue weighted by atomic mass is 9.94. The van der Waals surface area contributed by atoms with Crippen LogP contribution >= 0.6 is 0 Å². The summed E-state index contributed by atoms with van der Waals surface area (Å²) in [5, 5.41) is 11.8. The number of para-hydroxylation sites is 1. The number of hydrogen-bond donors (Lipinski definition) is 0. The summed E-state index contributed by atoms with van der Waals surface area (Å²) in [5.41, 5.74) is 8.92. The van der Waals surface area contributed by atoms with Gasteiger partial charge in [0, 0.05) is 5.39 Å².